The first-order chi connectivity index (χ1) is 7.97. The Morgan fingerprint density at radius 3 is 2.29 bits per heavy atom. The van der Waals surface area contributed by atoms with Gasteiger partial charge in [-0.25, -0.2) is 0 Å². The number of hydrogen-bond acceptors (Lipinski definition) is 1. The molecular formula is C11H5Br2Cl3S. The summed E-state index contributed by atoms with van der Waals surface area (Å²) in [6, 6.07) is 7.49. The van der Waals surface area contributed by atoms with Crippen molar-refractivity contribution in [2.45, 2.75) is 5.38 Å². The zero-order valence-electron chi connectivity index (χ0n) is 8.18. The molecular weight excluding hydrogens is 430 g/mol. The van der Waals surface area contributed by atoms with Crippen LogP contribution in [-0.2, 0) is 0 Å². The van der Waals surface area contributed by atoms with E-state index in [9.17, 15) is 0 Å². The number of benzene rings is 1. The van der Waals surface area contributed by atoms with Crippen LogP contribution in [0.5, 0.6) is 0 Å². The fourth-order valence-corrected chi connectivity index (χ4v) is 4.34. The highest BCUT2D eigenvalue weighted by atomic mass is 79.9. The Kier molecular flexibility index (Phi) is 4.84. The summed E-state index contributed by atoms with van der Waals surface area (Å²) in [5, 5.41) is 1.08. The molecule has 0 radical (unpaired) electrons. The van der Waals surface area contributed by atoms with Gasteiger partial charge in [0.15, 0.2) is 0 Å². The third kappa shape index (κ3) is 3.40. The number of thiophene rings is 1. The molecule has 0 amide bonds. The Balaban J connectivity index is 2.39. The van der Waals surface area contributed by atoms with Gasteiger partial charge >= 0.3 is 0 Å². The molecule has 1 aromatic heterocycles. The molecule has 90 valence electrons. The molecule has 0 saturated carbocycles. The minimum atomic E-state index is -0.251. The van der Waals surface area contributed by atoms with Crippen molar-refractivity contribution in [3.63, 3.8) is 0 Å². The van der Waals surface area contributed by atoms with Crippen molar-refractivity contribution in [3.05, 3.63) is 53.0 Å². The second-order valence-corrected chi connectivity index (χ2v) is 7.93. The van der Waals surface area contributed by atoms with Gasteiger partial charge in [-0.2, -0.15) is 0 Å². The minimum Gasteiger partial charge on any atom is -0.130 e. The maximum absolute atomic E-state index is 6.41. The van der Waals surface area contributed by atoms with E-state index >= 15 is 0 Å². The summed E-state index contributed by atoms with van der Waals surface area (Å²) in [6.45, 7) is 0. The van der Waals surface area contributed by atoms with Gasteiger partial charge in [0.05, 0.1) is 14.2 Å². The molecule has 0 aliphatic carbocycles. The third-order valence-electron chi connectivity index (χ3n) is 2.09. The highest BCUT2D eigenvalue weighted by molar-refractivity contribution is 9.11. The first-order valence-electron chi connectivity index (χ1n) is 4.52. The Labute approximate surface area is 135 Å². The molecule has 6 heteroatoms. The van der Waals surface area contributed by atoms with Gasteiger partial charge < -0.3 is 0 Å². The first-order valence-corrected chi connectivity index (χ1v) is 8.11. The van der Waals surface area contributed by atoms with Crippen molar-refractivity contribution in [2.24, 2.45) is 0 Å². The highest BCUT2D eigenvalue weighted by Crippen LogP contribution is 2.41. The van der Waals surface area contributed by atoms with Crippen LogP contribution in [0, 0.1) is 0 Å². The van der Waals surface area contributed by atoms with Gasteiger partial charge in [0.1, 0.15) is 0 Å². The van der Waals surface area contributed by atoms with Crippen molar-refractivity contribution >= 4 is 78.0 Å². The molecule has 1 heterocycles. The fraction of sp³-hybridized carbons (Fsp3) is 0.0909. The molecule has 17 heavy (non-hydrogen) atoms. The van der Waals surface area contributed by atoms with Gasteiger partial charge in [0.2, 0.25) is 0 Å². The van der Waals surface area contributed by atoms with E-state index in [0.717, 1.165) is 18.7 Å². The Morgan fingerprint density at radius 2 is 1.76 bits per heavy atom. The second kappa shape index (κ2) is 5.81. The number of hydrogen-bond donors (Lipinski definition) is 0. The number of alkyl halides is 1. The number of halogens is 5. The summed E-state index contributed by atoms with van der Waals surface area (Å²) in [6.07, 6.45) is 0. The molecule has 1 aromatic carbocycles. The molecule has 0 aliphatic heterocycles. The third-order valence-corrected chi connectivity index (χ3v) is 5.92. The van der Waals surface area contributed by atoms with Crippen LogP contribution < -0.4 is 0 Å². The van der Waals surface area contributed by atoms with Crippen LogP contribution >= 0.6 is 78.0 Å². The van der Waals surface area contributed by atoms with Gasteiger partial charge in [-0.1, -0.05) is 39.1 Å². The molecule has 0 bridgehead atoms. The lowest BCUT2D eigenvalue weighted by Gasteiger charge is -2.08. The normalized spacial score (nSPS) is 12.8. The lowest BCUT2D eigenvalue weighted by atomic mass is 10.1. The van der Waals surface area contributed by atoms with Gasteiger partial charge in [-0.3, -0.25) is 0 Å². The smallest absolute Gasteiger partial charge is 0.0929 e. The molecule has 0 saturated heterocycles. The lowest BCUT2D eigenvalue weighted by molar-refractivity contribution is 1.18. The van der Waals surface area contributed by atoms with Crippen molar-refractivity contribution < 1.29 is 0 Å². The van der Waals surface area contributed by atoms with Crippen molar-refractivity contribution in [1.29, 1.82) is 0 Å². The van der Waals surface area contributed by atoms with E-state index in [1.807, 2.05) is 24.3 Å². The molecule has 0 fully saturated rings. The predicted molar refractivity (Wildman–Crippen MR) is 83.9 cm³/mol. The second-order valence-electron chi connectivity index (χ2n) is 3.34. The summed E-state index contributed by atoms with van der Waals surface area (Å²) < 4.78 is 1.80. The lowest BCUT2D eigenvalue weighted by Crippen LogP contribution is -1.90. The molecule has 1 atom stereocenters. The van der Waals surface area contributed by atoms with Crippen LogP contribution in [0.1, 0.15) is 15.8 Å². The summed E-state index contributed by atoms with van der Waals surface area (Å²) in [4.78, 5) is 0.984. The van der Waals surface area contributed by atoms with E-state index < -0.39 is 0 Å². The highest BCUT2D eigenvalue weighted by Gasteiger charge is 2.16. The van der Waals surface area contributed by atoms with Crippen LogP contribution in [0.3, 0.4) is 0 Å². The van der Waals surface area contributed by atoms with E-state index in [2.05, 4.69) is 31.9 Å². The predicted octanol–water partition coefficient (Wildman–Crippen LogP) is 6.91. The van der Waals surface area contributed by atoms with Crippen molar-refractivity contribution in [2.75, 3.05) is 0 Å². The standard InChI is InChI=1S/C11H5Br2Cl3S/c12-6-1-5(2-7(14)3-6)10(16)9-4-8(15)11(13)17-9/h1-4,10H. The average Bonchev–Trinajstić information content (AvgIpc) is 2.57. The van der Waals surface area contributed by atoms with E-state index in [4.69, 9.17) is 34.8 Å². The summed E-state index contributed by atoms with van der Waals surface area (Å²) in [7, 11) is 0. The topological polar surface area (TPSA) is 0 Å². The van der Waals surface area contributed by atoms with Gasteiger partial charge in [-0.15, -0.1) is 22.9 Å². The van der Waals surface area contributed by atoms with Crippen LogP contribution in [0.4, 0.5) is 0 Å². The Morgan fingerprint density at radius 1 is 1.06 bits per heavy atom. The minimum absolute atomic E-state index is 0.251. The van der Waals surface area contributed by atoms with Crippen LogP contribution in [0.15, 0.2) is 32.5 Å². The SMILES string of the molecule is Clc1cc(Br)cc(C(Cl)c2cc(Cl)c(Br)s2)c1. The molecule has 0 N–H and O–H groups in total. The van der Waals surface area contributed by atoms with Crippen LogP contribution in [-0.4, -0.2) is 0 Å². The Hall–Kier alpha value is 0.750. The molecule has 0 aliphatic rings. The zero-order chi connectivity index (χ0) is 12.6. The zero-order valence-corrected chi connectivity index (χ0v) is 14.4. The first kappa shape index (κ1) is 14.2. The van der Waals surface area contributed by atoms with Crippen LogP contribution in [0.2, 0.25) is 10.0 Å². The van der Waals surface area contributed by atoms with E-state index in [1.165, 1.54) is 11.3 Å². The summed E-state index contributed by atoms with van der Waals surface area (Å²) >= 11 is 26.7. The van der Waals surface area contributed by atoms with Gasteiger partial charge in [0, 0.05) is 14.4 Å². The molecule has 2 rings (SSSR count). The maximum Gasteiger partial charge on any atom is 0.0929 e. The van der Waals surface area contributed by atoms with E-state index in [-0.39, 0.29) is 5.38 Å². The van der Waals surface area contributed by atoms with Crippen LogP contribution in [0.25, 0.3) is 0 Å². The summed E-state index contributed by atoms with van der Waals surface area (Å²) in [5.74, 6) is 0. The van der Waals surface area contributed by atoms with E-state index in [0.29, 0.717) is 10.0 Å². The van der Waals surface area contributed by atoms with Gasteiger partial charge in [-0.05, 0) is 45.8 Å². The monoisotopic (exact) mass is 432 g/mol. The molecule has 0 spiro atoms. The van der Waals surface area contributed by atoms with Crippen molar-refractivity contribution in [3.8, 4) is 0 Å². The average molecular weight is 435 g/mol. The van der Waals surface area contributed by atoms with Gasteiger partial charge in [0.25, 0.3) is 0 Å². The largest absolute Gasteiger partial charge is 0.130 e. The van der Waals surface area contributed by atoms with E-state index in [1.54, 1.807) is 0 Å². The molecule has 0 nitrogen and oxygen atoms in total. The molecule has 1 unspecified atom stereocenters. The molecule has 2 aromatic rings. The fourth-order valence-electron chi connectivity index (χ4n) is 1.37. The summed E-state index contributed by atoms with van der Waals surface area (Å²) in [5.41, 5.74) is 0.941. The van der Waals surface area contributed by atoms with Crippen molar-refractivity contribution in [1.82, 2.24) is 0 Å². The quantitative estimate of drug-likeness (QED) is 0.450. The number of rotatable bonds is 2. The maximum atomic E-state index is 6.41. The Bertz CT molecular complexity index is 514.